The van der Waals surface area contributed by atoms with Crippen molar-refractivity contribution in [1.82, 2.24) is 0 Å². The summed E-state index contributed by atoms with van der Waals surface area (Å²) >= 11 is 1.87. The van der Waals surface area contributed by atoms with Gasteiger partial charge < -0.3 is 4.90 Å². The minimum Gasteiger partial charge on any atom is -0.310 e. The third-order valence-corrected chi connectivity index (χ3v) is 10.1. The fourth-order valence-electron chi connectivity index (χ4n) is 6.76. The molecule has 9 rings (SSSR count). The third-order valence-electron chi connectivity index (χ3n) is 9.02. The Labute approximate surface area is 272 Å². The van der Waals surface area contributed by atoms with Gasteiger partial charge in [-0.25, -0.2) is 0 Å². The SMILES string of the molecule is c1ccc(-c2cccc(N(c3ccc(-c4cccc5ccccc45)cc3)c3ccc4cc5c(cc4c3)sc3ccccc35)c2)cc1. The molecule has 216 valence electrons. The Balaban J connectivity index is 1.20. The Hall–Kier alpha value is -5.70. The number of hydrogen-bond donors (Lipinski definition) is 0. The molecule has 0 aliphatic rings. The van der Waals surface area contributed by atoms with Crippen molar-refractivity contribution in [2.24, 2.45) is 0 Å². The molecule has 46 heavy (non-hydrogen) atoms. The number of nitrogens with zero attached hydrogens (tertiary/aromatic N) is 1. The molecule has 0 bridgehead atoms. The van der Waals surface area contributed by atoms with Crippen LogP contribution in [0.25, 0.3) is 64.0 Å². The zero-order valence-electron chi connectivity index (χ0n) is 25.1. The zero-order chi connectivity index (χ0) is 30.5. The highest BCUT2D eigenvalue weighted by Crippen LogP contribution is 2.41. The van der Waals surface area contributed by atoms with Crippen LogP contribution in [-0.4, -0.2) is 0 Å². The van der Waals surface area contributed by atoms with Gasteiger partial charge in [0.2, 0.25) is 0 Å². The fourth-order valence-corrected chi connectivity index (χ4v) is 7.90. The average Bonchev–Trinajstić information content (AvgIpc) is 3.48. The summed E-state index contributed by atoms with van der Waals surface area (Å²) in [5, 5.41) is 7.69. The van der Waals surface area contributed by atoms with Crippen LogP contribution in [0.5, 0.6) is 0 Å². The van der Waals surface area contributed by atoms with Crippen molar-refractivity contribution in [3.8, 4) is 22.3 Å². The van der Waals surface area contributed by atoms with Gasteiger partial charge in [-0.3, -0.25) is 0 Å². The molecule has 0 N–H and O–H groups in total. The summed E-state index contributed by atoms with van der Waals surface area (Å²) in [6, 6.07) is 64.0. The van der Waals surface area contributed by atoms with Crippen LogP contribution in [0.15, 0.2) is 176 Å². The molecule has 0 radical (unpaired) electrons. The number of thiophene rings is 1. The van der Waals surface area contributed by atoms with Crippen LogP contribution < -0.4 is 4.90 Å². The van der Waals surface area contributed by atoms with Crippen LogP contribution in [0, 0.1) is 0 Å². The molecule has 8 aromatic carbocycles. The first-order valence-electron chi connectivity index (χ1n) is 15.7. The number of benzene rings is 8. The molecule has 2 heteroatoms. The zero-order valence-corrected chi connectivity index (χ0v) is 25.9. The van der Waals surface area contributed by atoms with E-state index in [1.54, 1.807) is 0 Å². The van der Waals surface area contributed by atoms with Gasteiger partial charge in [0, 0.05) is 37.2 Å². The highest BCUT2D eigenvalue weighted by Gasteiger charge is 2.16. The Kier molecular flexibility index (Phi) is 6.40. The number of hydrogen-bond acceptors (Lipinski definition) is 2. The largest absolute Gasteiger partial charge is 0.310 e. The molecule has 0 fully saturated rings. The number of anilines is 3. The molecular weight excluding hydrogens is 575 g/mol. The normalized spacial score (nSPS) is 11.5. The number of fused-ring (bicyclic) bond motifs is 5. The molecule has 0 saturated heterocycles. The Morgan fingerprint density at radius 1 is 0.326 bits per heavy atom. The van der Waals surface area contributed by atoms with E-state index in [9.17, 15) is 0 Å². The van der Waals surface area contributed by atoms with Gasteiger partial charge in [-0.15, -0.1) is 11.3 Å². The Morgan fingerprint density at radius 3 is 1.91 bits per heavy atom. The van der Waals surface area contributed by atoms with Crippen LogP contribution in [-0.2, 0) is 0 Å². The van der Waals surface area contributed by atoms with Crippen molar-refractivity contribution in [1.29, 1.82) is 0 Å². The van der Waals surface area contributed by atoms with Gasteiger partial charge in [-0.05, 0) is 98.4 Å². The topological polar surface area (TPSA) is 3.24 Å². The Morgan fingerprint density at radius 2 is 1.02 bits per heavy atom. The second-order valence-corrected chi connectivity index (χ2v) is 12.9. The molecule has 0 amide bonds. The van der Waals surface area contributed by atoms with Gasteiger partial charge in [0.05, 0.1) is 0 Å². The highest BCUT2D eigenvalue weighted by atomic mass is 32.1. The molecule has 1 heterocycles. The van der Waals surface area contributed by atoms with Gasteiger partial charge in [-0.1, -0.05) is 121 Å². The molecule has 0 spiro atoms. The monoisotopic (exact) mass is 603 g/mol. The second kappa shape index (κ2) is 11.0. The van der Waals surface area contributed by atoms with Gasteiger partial charge in [0.1, 0.15) is 0 Å². The average molecular weight is 604 g/mol. The maximum atomic E-state index is 2.38. The summed E-state index contributed by atoms with van der Waals surface area (Å²) in [4.78, 5) is 2.38. The van der Waals surface area contributed by atoms with Crippen molar-refractivity contribution >= 4 is 70.1 Å². The summed E-state index contributed by atoms with van der Waals surface area (Å²) < 4.78 is 2.65. The lowest BCUT2D eigenvalue weighted by Crippen LogP contribution is -2.10. The van der Waals surface area contributed by atoms with E-state index in [1.165, 1.54) is 64.0 Å². The number of rotatable bonds is 5. The van der Waals surface area contributed by atoms with Crippen molar-refractivity contribution in [3.05, 3.63) is 176 Å². The molecular formula is C44H29NS. The van der Waals surface area contributed by atoms with Crippen LogP contribution in [0.2, 0.25) is 0 Å². The van der Waals surface area contributed by atoms with E-state index in [0.717, 1.165) is 17.1 Å². The quantitative estimate of drug-likeness (QED) is 0.189. The molecule has 1 aromatic heterocycles. The van der Waals surface area contributed by atoms with Gasteiger partial charge in [-0.2, -0.15) is 0 Å². The van der Waals surface area contributed by atoms with E-state index in [-0.39, 0.29) is 0 Å². The van der Waals surface area contributed by atoms with E-state index in [0.29, 0.717) is 0 Å². The molecule has 1 nitrogen and oxygen atoms in total. The molecule has 0 atom stereocenters. The van der Waals surface area contributed by atoms with Gasteiger partial charge in [0.15, 0.2) is 0 Å². The van der Waals surface area contributed by atoms with Crippen LogP contribution >= 0.6 is 11.3 Å². The summed E-state index contributed by atoms with van der Waals surface area (Å²) in [6.07, 6.45) is 0. The standard InChI is InChI=1S/C44H29NS/c1-2-10-30(11-3-1)33-14-8-15-37(26-33)45(36-23-20-32(21-24-36)40-18-9-13-31-12-4-5-16-39(31)40)38-25-22-34-28-42-41-17-6-7-19-43(41)46-44(42)29-35(34)27-38/h1-29H. The van der Waals surface area contributed by atoms with Crippen molar-refractivity contribution in [2.75, 3.05) is 4.90 Å². The second-order valence-electron chi connectivity index (χ2n) is 11.8. The lowest BCUT2D eigenvalue weighted by molar-refractivity contribution is 1.29. The third kappa shape index (κ3) is 4.63. The van der Waals surface area contributed by atoms with E-state index >= 15 is 0 Å². The highest BCUT2D eigenvalue weighted by molar-refractivity contribution is 7.25. The summed E-state index contributed by atoms with van der Waals surface area (Å²) in [6.45, 7) is 0. The van der Waals surface area contributed by atoms with E-state index in [4.69, 9.17) is 0 Å². The maximum absolute atomic E-state index is 2.38. The first kappa shape index (κ1) is 26.7. The summed E-state index contributed by atoms with van der Waals surface area (Å²) in [5.74, 6) is 0. The smallest absolute Gasteiger partial charge is 0.0468 e. The maximum Gasteiger partial charge on any atom is 0.0468 e. The van der Waals surface area contributed by atoms with Crippen LogP contribution in [0.3, 0.4) is 0 Å². The van der Waals surface area contributed by atoms with Crippen LogP contribution in [0.1, 0.15) is 0 Å². The molecule has 9 aromatic rings. The lowest BCUT2D eigenvalue weighted by atomic mass is 9.98. The van der Waals surface area contributed by atoms with Gasteiger partial charge >= 0.3 is 0 Å². The minimum atomic E-state index is 1.12. The molecule has 0 aliphatic carbocycles. The lowest BCUT2D eigenvalue weighted by Gasteiger charge is -2.26. The van der Waals surface area contributed by atoms with Crippen molar-refractivity contribution < 1.29 is 0 Å². The molecule has 0 aliphatic heterocycles. The first-order valence-corrected chi connectivity index (χ1v) is 16.5. The van der Waals surface area contributed by atoms with Crippen molar-refractivity contribution in [2.45, 2.75) is 0 Å². The first-order chi connectivity index (χ1) is 22.8. The predicted octanol–water partition coefficient (Wildman–Crippen LogP) is 13.2. The van der Waals surface area contributed by atoms with E-state index < -0.39 is 0 Å². The Bertz CT molecular complexity index is 2520. The van der Waals surface area contributed by atoms with Crippen molar-refractivity contribution in [3.63, 3.8) is 0 Å². The minimum absolute atomic E-state index is 1.12. The summed E-state index contributed by atoms with van der Waals surface area (Å²) in [5.41, 5.74) is 8.25. The van der Waals surface area contributed by atoms with E-state index in [1.807, 2.05) is 11.3 Å². The molecule has 0 unspecified atom stereocenters. The van der Waals surface area contributed by atoms with Crippen LogP contribution in [0.4, 0.5) is 17.1 Å². The fraction of sp³-hybridized carbons (Fsp3) is 0. The van der Waals surface area contributed by atoms with E-state index in [2.05, 4.69) is 181 Å². The summed E-state index contributed by atoms with van der Waals surface area (Å²) in [7, 11) is 0. The van der Waals surface area contributed by atoms with Gasteiger partial charge in [0.25, 0.3) is 0 Å². The predicted molar refractivity (Wildman–Crippen MR) is 200 cm³/mol. The molecule has 0 saturated carbocycles.